The molecule has 1 aliphatic rings. The van der Waals surface area contributed by atoms with Gasteiger partial charge >= 0.3 is 0 Å². The summed E-state index contributed by atoms with van der Waals surface area (Å²) in [7, 11) is 0. The summed E-state index contributed by atoms with van der Waals surface area (Å²) >= 11 is 0. The highest BCUT2D eigenvalue weighted by Crippen LogP contribution is 2.23. The molecule has 0 saturated carbocycles. The number of halogens is 1. The Balaban J connectivity index is 1.52. The van der Waals surface area contributed by atoms with Crippen LogP contribution in [0.3, 0.4) is 0 Å². The van der Waals surface area contributed by atoms with Gasteiger partial charge in [0.05, 0.1) is 24.8 Å². The summed E-state index contributed by atoms with van der Waals surface area (Å²) in [5.41, 5.74) is 8.14. The Morgan fingerprint density at radius 1 is 1.14 bits per heavy atom. The van der Waals surface area contributed by atoms with Crippen LogP contribution in [0.2, 0.25) is 0 Å². The summed E-state index contributed by atoms with van der Waals surface area (Å²) in [6.07, 6.45) is 0. The minimum atomic E-state index is -0.600. The molecule has 1 aromatic heterocycles. The molecule has 0 radical (unpaired) electrons. The summed E-state index contributed by atoms with van der Waals surface area (Å²) in [6, 6.07) is 13.8. The number of ether oxygens (including phenoxy) is 1. The second kappa shape index (κ2) is 7.54. The number of nitrogen functional groups attached to an aromatic ring is 1. The summed E-state index contributed by atoms with van der Waals surface area (Å²) < 4.78 is 20.8. The van der Waals surface area contributed by atoms with E-state index in [1.165, 1.54) is 16.8 Å². The van der Waals surface area contributed by atoms with Crippen molar-refractivity contribution >= 4 is 23.3 Å². The summed E-state index contributed by atoms with van der Waals surface area (Å²) in [6.45, 7) is 3.19. The zero-order valence-electron chi connectivity index (χ0n) is 15.0. The minimum absolute atomic E-state index is 0.0380. The van der Waals surface area contributed by atoms with Crippen LogP contribution >= 0.6 is 0 Å². The maximum absolute atomic E-state index is 14.2. The molecule has 0 amide bonds. The maximum Gasteiger partial charge on any atom is 0.248 e. The van der Waals surface area contributed by atoms with E-state index in [1.807, 2.05) is 30.3 Å². The average Bonchev–Trinajstić information content (AvgIpc) is 3.08. The Hall–Kier alpha value is -3.64. The highest BCUT2D eigenvalue weighted by atomic mass is 19.1. The van der Waals surface area contributed by atoms with Crippen molar-refractivity contribution in [3.8, 4) is 11.8 Å². The first-order chi connectivity index (χ1) is 13.6. The SMILES string of the molecule is N#Cc1ccc(-n2nc(Nc3ccc(N4CCOCC4)cc3)nc2N)c(F)c1. The number of nitrogens with one attached hydrogen (secondary N) is 1. The molecule has 3 N–H and O–H groups in total. The molecule has 0 aliphatic carbocycles. The lowest BCUT2D eigenvalue weighted by molar-refractivity contribution is 0.122. The molecule has 142 valence electrons. The number of benzene rings is 2. The van der Waals surface area contributed by atoms with E-state index in [9.17, 15) is 4.39 Å². The molecule has 0 spiro atoms. The third-order valence-corrected chi connectivity index (χ3v) is 4.44. The van der Waals surface area contributed by atoms with Gasteiger partial charge in [-0.1, -0.05) is 0 Å². The first-order valence-electron chi connectivity index (χ1n) is 8.76. The van der Waals surface area contributed by atoms with Gasteiger partial charge < -0.3 is 20.7 Å². The van der Waals surface area contributed by atoms with Crippen LogP contribution < -0.4 is 16.0 Å². The van der Waals surface area contributed by atoms with Gasteiger partial charge in [0, 0.05) is 24.5 Å². The number of anilines is 4. The van der Waals surface area contributed by atoms with Crippen molar-refractivity contribution in [2.24, 2.45) is 0 Å². The molecule has 0 atom stereocenters. The Kier molecular flexibility index (Phi) is 4.78. The second-order valence-electron chi connectivity index (χ2n) is 6.25. The number of nitriles is 1. The highest BCUT2D eigenvalue weighted by molar-refractivity contribution is 5.60. The summed E-state index contributed by atoms with van der Waals surface area (Å²) in [5.74, 6) is -0.312. The standard InChI is InChI=1S/C19H18FN7O/c20-16-11-13(12-21)1-6-17(16)27-18(22)24-19(25-27)23-14-2-4-15(5-3-14)26-7-9-28-10-8-26/h1-6,11H,7-10H2,(H3,22,23,24,25). The van der Waals surface area contributed by atoms with Crippen molar-refractivity contribution in [3.63, 3.8) is 0 Å². The highest BCUT2D eigenvalue weighted by Gasteiger charge is 2.14. The third-order valence-electron chi connectivity index (χ3n) is 4.44. The predicted molar refractivity (Wildman–Crippen MR) is 103 cm³/mol. The maximum atomic E-state index is 14.2. The predicted octanol–water partition coefficient (Wildman–Crippen LogP) is 2.44. The van der Waals surface area contributed by atoms with Crippen LogP contribution in [0.25, 0.3) is 5.69 Å². The topological polar surface area (TPSA) is 105 Å². The van der Waals surface area contributed by atoms with E-state index >= 15 is 0 Å². The van der Waals surface area contributed by atoms with Crippen LogP contribution in [0.15, 0.2) is 42.5 Å². The molecular weight excluding hydrogens is 361 g/mol. The number of aromatic nitrogens is 3. The van der Waals surface area contributed by atoms with E-state index in [-0.39, 0.29) is 23.1 Å². The zero-order chi connectivity index (χ0) is 19.5. The monoisotopic (exact) mass is 379 g/mol. The van der Waals surface area contributed by atoms with Crippen LogP contribution in [0.4, 0.5) is 27.7 Å². The largest absolute Gasteiger partial charge is 0.378 e. The molecule has 9 heteroatoms. The molecule has 0 bridgehead atoms. The Bertz CT molecular complexity index is 1020. The van der Waals surface area contributed by atoms with Crippen molar-refractivity contribution in [2.75, 3.05) is 42.3 Å². The van der Waals surface area contributed by atoms with Crippen molar-refractivity contribution in [2.45, 2.75) is 0 Å². The van der Waals surface area contributed by atoms with Crippen LogP contribution in [0.5, 0.6) is 0 Å². The molecule has 28 heavy (non-hydrogen) atoms. The number of hydrogen-bond donors (Lipinski definition) is 2. The van der Waals surface area contributed by atoms with Gasteiger partial charge in [-0.2, -0.15) is 14.9 Å². The number of rotatable bonds is 4. The van der Waals surface area contributed by atoms with Gasteiger partial charge in [0.15, 0.2) is 0 Å². The van der Waals surface area contributed by atoms with Gasteiger partial charge in [-0.3, -0.25) is 0 Å². The number of nitrogens with zero attached hydrogens (tertiary/aromatic N) is 5. The molecule has 2 heterocycles. The Morgan fingerprint density at radius 3 is 2.57 bits per heavy atom. The third kappa shape index (κ3) is 3.58. The van der Waals surface area contributed by atoms with Gasteiger partial charge in [0.25, 0.3) is 0 Å². The Morgan fingerprint density at radius 2 is 1.89 bits per heavy atom. The van der Waals surface area contributed by atoms with E-state index < -0.39 is 5.82 Å². The van der Waals surface area contributed by atoms with E-state index in [0.29, 0.717) is 0 Å². The summed E-state index contributed by atoms with van der Waals surface area (Å²) in [5, 5.41) is 16.1. The van der Waals surface area contributed by atoms with Crippen molar-refractivity contribution in [3.05, 3.63) is 53.8 Å². The van der Waals surface area contributed by atoms with Crippen LogP contribution in [0, 0.1) is 17.1 Å². The lowest BCUT2D eigenvalue weighted by Gasteiger charge is -2.28. The van der Waals surface area contributed by atoms with E-state index in [0.717, 1.165) is 43.7 Å². The van der Waals surface area contributed by atoms with Gasteiger partial charge in [-0.25, -0.2) is 4.39 Å². The van der Waals surface area contributed by atoms with Gasteiger partial charge in [-0.05, 0) is 42.5 Å². The fourth-order valence-electron chi connectivity index (χ4n) is 3.01. The number of nitrogens with two attached hydrogens (primary N) is 1. The molecule has 3 aromatic rings. The van der Waals surface area contributed by atoms with Crippen LogP contribution in [0.1, 0.15) is 5.56 Å². The fraction of sp³-hybridized carbons (Fsp3) is 0.211. The number of hydrogen-bond acceptors (Lipinski definition) is 7. The average molecular weight is 379 g/mol. The number of morpholine rings is 1. The van der Waals surface area contributed by atoms with E-state index in [1.54, 1.807) is 0 Å². The molecule has 1 aliphatic heterocycles. The minimum Gasteiger partial charge on any atom is -0.378 e. The molecule has 1 fully saturated rings. The van der Waals surface area contributed by atoms with Crippen LogP contribution in [-0.4, -0.2) is 41.1 Å². The quantitative estimate of drug-likeness (QED) is 0.717. The smallest absolute Gasteiger partial charge is 0.248 e. The summed E-state index contributed by atoms with van der Waals surface area (Å²) in [4.78, 5) is 6.39. The molecule has 2 aromatic carbocycles. The van der Waals surface area contributed by atoms with Gasteiger partial charge in [0.1, 0.15) is 11.5 Å². The fourth-order valence-corrected chi connectivity index (χ4v) is 3.01. The lowest BCUT2D eigenvalue weighted by Crippen LogP contribution is -2.36. The molecule has 8 nitrogen and oxygen atoms in total. The van der Waals surface area contributed by atoms with Gasteiger partial charge in [0.2, 0.25) is 11.9 Å². The first-order valence-corrected chi connectivity index (χ1v) is 8.76. The zero-order valence-corrected chi connectivity index (χ0v) is 15.0. The molecule has 4 rings (SSSR count). The Labute approximate surface area is 161 Å². The molecular formula is C19H18FN7O. The lowest BCUT2D eigenvalue weighted by atomic mass is 10.2. The van der Waals surface area contributed by atoms with Crippen molar-refractivity contribution in [1.29, 1.82) is 5.26 Å². The van der Waals surface area contributed by atoms with Crippen LogP contribution in [-0.2, 0) is 4.74 Å². The van der Waals surface area contributed by atoms with E-state index in [4.69, 9.17) is 15.7 Å². The van der Waals surface area contributed by atoms with E-state index in [2.05, 4.69) is 20.3 Å². The van der Waals surface area contributed by atoms with Crippen molar-refractivity contribution in [1.82, 2.24) is 14.8 Å². The molecule has 0 unspecified atom stereocenters. The normalized spacial score (nSPS) is 13.9. The van der Waals surface area contributed by atoms with Crippen molar-refractivity contribution < 1.29 is 9.13 Å². The van der Waals surface area contributed by atoms with Gasteiger partial charge in [-0.15, -0.1) is 5.10 Å². The first kappa shape index (κ1) is 17.8. The molecule has 1 saturated heterocycles. The second-order valence-corrected chi connectivity index (χ2v) is 6.25.